The number of nitrogens with zero attached hydrogens (tertiary/aromatic N) is 1. The van der Waals surface area contributed by atoms with Crippen LogP contribution in [0, 0.1) is 5.41 Å². The van der Waals surface area contributed by atoms with Gasteiger partial charge in [-0.15, -0.1) is 11.8 Å². The number of hydrogen-bond donors (Lipinski definition) is 2. The largest absolute Gasteiger partial charge is 0.489 e. The second kappa shape index (κ2) is 10.8. The second-order valence-electron chi connectivity index (χ2n) is 9.48. The Hall–Kier alpha value is -2.23. The summed E-state index contributed by atoms with van der Waals surface area (Å²) in [4.78, 5) is 14.3. The number of aliphatic carboxylic acids is 1. The van der Waals surface area contributed by atoms with Crippen molar-refractivity contribution in [1.29, 1.82) is 0 Å². The van der Waals surface area contributed by atoms with Gasteiger partial charge in [-0.25, -0.2) is 13.2 Å². The number of para-hydroxylation sites is 1. The molecule has 0 unspecified atom stereocenters. The van der Waals surface area contributed by atoms with Gasteiger partial charge in [-0.05, 0) is 44.2 Å². The maximum absolute atomic E-state index is 13.8. The molecule has 2 atom stereocenters. The Morgan fingerprint density at radius 2 is 1.91 bits per heavy atom. The summed E-state index contributed by atoms with van der Waals surface area (Å²) >= 11 is 1.38. The molecule has 192 valence electrons. The Balaban J connectivity index is 2.19. The molecule has 2 N–H and O–H groups in total. The number of fused-ring (bicyclic) bond motifs is 1. The molecule has 3 rings (SSSR count). The fraction of sp³-hybridized carbons (Fsp3) is 0.500. The molecule has 0 saturated heterocycles. The Bertz CT molecular complexity index is 1150. The highest BCUT2D eigenvalue weighted by atomic mass is 32.2. The average Bonchev–Trinajstić information content (AvgIpc) is 2.93. The van der Waals surface area contributed by atoms with Gasteiger partial charge in [-0.2, -0.15) is 0 Å². The van der Waals surface area contributed by atoms with E-state index in [0.29, 0.717) is 17.1 Å². The number of carboxylic acid groups (broad SMARTS) is 1. The molecule has 7 nitrogen and oxygen atoms in total. The van der Waals surface area contributed by atoms with Crippen LogP contribution in [0.4, 0.5) is 11.4 Å². The van der Waals surface area contributed by atoms with Gasteiger partial charge in [0, 0.05) is 23.7 Å². The van der Waals surface area contributed by atoms with E-state index in [0.717, 1.165) is 38.3 Å². The molecule has 0 bridgehead atoms. The summed E-state index contributed by atoms with van der Waals surface area (Å²) < 4.78 is 33.4. The van der Waals surface area contributed by atoms with Crippen molar-refractivity contribution in [2.24, 2.45) is 5.41 Å². The van der Waals surface area contributed by atoms with E-state index in [4.69, 9.17) is 4.74 Å². The van der Waals surface area contributed by atoms with E-state index in [9.17, 15) is 23.4 Å². The summed E-state index contributed by atoms with van der Waals surface area (Å²) in [6, 6.07) is 13.1. The standard InChI is InChI=1S/C26H35NO6S2/c1-5-7-13-26(6-2)16-27(19-11-9-8-10-12-19)20-14-22(34-4)21(15-23(20)35(31,32)18-26)33-17-25(3,30)24(28)29/h8-12,14-15,30H,5-7,13,16-18H2,1-4H3,(H,28,29)/t25-,26-/m1/s1. The van der Waals surface area contributed by atoms with Crippen LogP contribution in [-0.4, -0.2) is 55.4 Å². The van der Waals surface area contributed by atoms with Crippen LogP contribution in [-0.2, 0) is 14.6 Å². The van der Waals surface area contributed by atoms with Crippen LogP contribution in [0.15, 0.2) is 52.3 Å². The van der Waals surface area contributed by atoms with E-state index in [1.165, 1.54) is 17.8 Å². The van der Waals surface area contributed by atoms with Gasteiger partial charge in [-0.1, -0.05) is 44.9 Å². The maximum Gasteiger partial charge on any atom is 0.339 e. The molecule has 1 aliphatic rings. The molecule has 2 aromatic rings. The van der Waals surface area contributed by atoms with E-state index in [1.54, 1.807) is 6.07 Å². The van der Waals surface area contributed by atoms with Gasteiger partial charge in [0.25, 0.3) is 0 Å². The minimum absolute atomic E-state index is 0.0255. The average molecular weight is 522 g/mol. The number of carbonyl (C=O) groups is 1. The van der Waals surface area contributed by atoms with E-state index >= 15 is 0 Å². The number of thioether (sulfide) groups is 1. The summed E-state index contributed by atoms with van der Waals surface area (Å²) in [5, 5.41) is 19.4. The molecule has 0 radical (unpaired) electrons. The first-order valence-corrected chi connectivity index (χ1v) is 14.7. The van der Waals surface area contributed by atoms with Gasteiger partial charge in [0.05, 0.1) is 21.2 Å². The molecule has 2 aromatic carbocycles. The molecular formula is C26H35NO6S2. The molecule has 0 spiro atoms. The summed E-state index contributed by atoms with van der Waals surface area (Å²) in [7, 11) is -3.70. The minimum atomic E-state index is -3.70. The van der Waals surface area contributed by atoms with Crippen molar-refractivity contribution < 1.29 is 28.2 Å². The number of sulfone groups is 1. The Labute approximate surface area is 212 Å². The fourth-order valence-corrected chi connectivity index (χ4v) is 7.15. The van der Waals surface area contributed by atoms with Crippen LogP contribution in [0.1, 0.15) is 46.5 Å². The van der Waals surface area contributed by atoms with Gasteiger partial charge in [0.15, 0.2) is 15.4 Å². The molecule has 0 aromatic heterocycles. The third-order valence-corrected chi connectivity index (χ3v) is 9.46. The van der Waals surface area contributed by atoms with Crippen LogP contribution in [0.25, 0.3) is 0 Å². The number of carboxylic acids is 1. The molecule has 0 fully saturated rings. The van der Waals surface area contributed by atoms with Crippen molar-refractivity contribution in [3.63, 3.8) is 0 Å². The summed E-state index contributed by atoms with van der Waals surface area (Å²) in [5.74, 6) is -1.14. The van der Waals surface area contributed by atoms with Crippen molar-refractivity contribution in [2.45, 2.75) is 61.8 Å². The summed E-state index contributed by atoms with van der Waals surface area (Å²) in [6.07, 6.45) is 5.30. The number of rotatable bonds is 10. The van der Waals surface area contributed by atoms with Crippen LogP contribution in [0.3, 0.4) is 0 Å². The Kier molecular flexibility index (Phi) is 8.44. The van der Waals surface area contributed by atoms with Crippen LogP contribution >= 0.6 is 11.8 Å². The van der Waals surface area contributed by atoms with Crippen molar-refractivity contribution in [3.8, 4) is 5.75 Å². The zero-order valence-corrected chi connectivity index (χ0v) is 22.4. The fourth-order valence-electron chi connectivity index (χ4n) is 4.42. The van der Waals surface area contributed by atoms with E-state index in [2.05, 4.69) is 18.7 Å². The first kappa shape index (κ1) is 27.4. The Morgan fingerprint density at radius 1 is 1.23 bits per heavy atom. The quantitative estimate of drug-likeness (QED) is 0.415. The normalized spacial score (nSPS) is 21.0. The second-order valence-corrected chi connectivity index (χ2v) is 12.3. The zero-order chi connectivity index (χ0) is 25.9. The lowest BCUT2D eigenvalue weighted by Gasteiger charge is -2.36. The van der Waals surface area contributed by atoms with Crippen molar-refractivity contribution in [1.82, 2.24) is 0 Å². The van der Waals surface area contributed by atoms with Gasteiger partial charge in [0.1, 0.15) is 12.4 Å². The highest BCUT2D eigenvalue weighted by Gasteiger charge is 2.42. The smallest absolute Gasteiger partial charge is 0.339 e. The SMILES string of the molecule is CCCC[C@]1(CC)CN(c2ccccc2)c2cc(SC)c(OC[C@@](C)(O)C(=O)O)cc2S(=O)(=O)C1. The first-order chi connectivity index (χ1) is 16.5. The molecule has 1 aliphatic heterocycles. The maximum atomic E-state index is 13.8. The van der Waals surface area contributed by atoms with Gasteiger partial charge in [0.2, 0.25) is 0 Å². The van der Waals surface area contributed by atoms with Crippen molar-refractivity contribution in [3.05, 3.63) is 42.5 Å². The van der Waals surface area contributed by atoms with Crippen molar-refractivity contribution >= 4 is 38.9 Å². The van der Waals surface area contributed by atoms with Crippen LogP contribution in [0.2, 0.25) is 0 Å². The van der Waals surface area contributed by atoms with Gasteiger partial charge in [-0.3, -0.25) is 0 Å². The van der Waals surface area contributed by atoms with E-state index in [1.807, 2.05) is 36.6 Å². The summed E-state index contributed by atoms with van der Waals surface area (Å²) in [6.45, 7) is 5.38. The summed E-state index contributed by atoms with van der Waals surface area (Å²) in [5.41, 5.74) is -1.02. The highest BCUT2D eigenvalue weighted by Crippen LogP contribution is 2.47. The Morgan fingerprint density at radius 3 is 2.49 bits per heavy atom. The highest BCUT2D eigenvalue weighted by molar-refractivity contribution is 7.98. The van der Waals surface area contributed by atoms with Crippen LogP contribution < -0.4 is 9.64 Å². The van der Waals surface area contributed by atoms with Gasteiger partial charge < -0.3 is 19.8 Å². The van der Waals surface area contributed by atoms with Crippen LogP contribution in [0.5, 0.6) is 5.75 Å². The lowest BCUT2D eigenvalue weighted by molar-refractivity contribution is -0.159. The molecule has 9 heteroatoms. The minimum Gasteiger partial charge on any atom is -0.489 e. The number of anilines is 2. The zero-order valence-electron chi connectivity index (χ0n) is 20.8. The molecule has 0 amide bonds. The predicted molar refractivity (Wildman–Crippen MR) is 140 cm³/mol. The van der Waals surface area contributed by atoms with Crippen molar-refractivity contribution in [2.75, 3.05) is 30.1 Å². The topological polar surface area (TPSA) is 104 Å². The monoisotopic (exact) mass is 521 g/mol. The number of benzene rings is 2. The number of aliphatic hydroxyl groups is 1. The van der Waals surface area contributed by atoms with E-state index in [-0.39, 0.29) is 16.4 Å². The third-order valence-electron chi connectivity index (χ3n) is 6.71. The van der Waals surface area contributed by atoms with Gasteiger partial charge >= 0.3 is 5.97 Å². The predicted octanol–water partition coefficient (Wildman–Crippen LogP) is 5.13. The lowest BCUT2D eigenvalue weighted by atomic mass is 9.81. The molecule has 0 saturated carbocycles. The molecule has 35 heavy (non-hydrogen) atoms. The number of hydrogen-bond acceptors (Lipinski definition) is 7. The molecule has 0 aliphatic carbocycles. The number of ether oxygens (including phenoxy) is 1. The number of unbranched alkanes of at least 4 members (excludes halogenated alkanes) is 1. The third kappa shape index (κ3) is 5.95. The van der Waals surface area contributed by atoms with E-state index < -0.39 is 33.4 Å². The molecule has 1 heterocycles. The lowest BCUT2D eigenvalue weighted by Crippen LogP contribution is -2.41. The first-order valence-electron chi connectivity index (χ1n) is 11.8. The molecular weight excluding hydrogens is 486 g/mol.